The standard InChI is InChI=1S/C19H22N6O/c1-3-14(4-2)19(26)24-16-8-6-15(7-9-16)23-17-12-18(21-13-20-17)25-11-5-10-22-25/h5-14H,3-4H2,1-2H3,(H,24,26)(H,20,21,23). The first kappa shape index (κ1) is 17.6. The summed E-state index contributed by atoms with van der Waals surface area (Å²) in [5, 5.41) is 10.3. The third-order valence-corrected chi connectivity index (χ3v) is 4.17. The number of hydrogen-bond donors (Lipinski definition) is 2. The summed E-state index contributed by atoms with van der Waals surface area (Å²) in [6, 6.07) is 11.2. The Kier molecular flexibility index (Phi) is 5.58. The Labute approximate surface area is 152 Å². The van der Waals surface area contributed by atoms with Gasteiger partial charge in [0, 0.05) is 35.8 Å². The van der Waals surface area contributed by atoms with Crippen molar-refractivity contribution in [2.75, 3.05) is 10.6 Å². The average Bonchev–Trinajstić information content (AvgIpc) is 3.19. The number of anilines is 3. The zero-order valence-electron chi connectivity index (χ0n) is 14.9. The first-order chi connectivity index (χ1) is 12.7. The van der Waals surface area contributed by atoms with Crippen LogP contribution in [-0.4, -0.2) is 25.7 Å². The molecular formula is C19H22N6O. The molecule has 2 N–H and O–H groups in total. The Bertz CT molecular complexity index is 841. The third-order valence-electron chi connectivity index (χ3n) is 4.17. The van der Waals surface area contributed by atoms with Crippen LogP contribution in [0.4, 0.5) is 17.2 Å². The second-order valence-electron chi connectivity index (χ2n) is 5.92. The van der Waals surface area contributed by atoms with Gasteiger partial charge in [0.15, 0.2) is 5.82 Å². The third kappa shape index (κ3) is 4.24. The molecule has 134 valence electrons. The lowest BCUT2D eigenvalue weighted by atomic mass is 10.0. The molecule has 0 aliphatic rings. The molecule has 7 nitrogen and oxygen atoms in total. The molecule has 3 rings (SSSR count). The molecule has 0 saturated heterocycles. The molecular weight excluding hydrogens is 328 g/mol. The fraction of sp³-hybridized carbons (Fsp3) is 0.263. The zero-order valence-corrected chi connectivity index (χ0v) is 14.9. The van der Waals surface area contributed by atoms with E-state index in [4.69, 9.17) is 0 Å². The van der Waals surface area contributed by atoms with Crippen molar-refractivity contribution in [3.05, 3.63) is 55.1 Å². The highest BCUT2D eigenvalue weighted by Crippen LogP contribution is 2.19. The second kappa shape index (κ2) is 8.24. The lowest BCUT2D eigenvalue weighted by Crippen LogP contribution is -2.21. The molecule has 0 atom stereocenters. The van der Waals surface area contributed by atoms with Crippen molar-refractivity contribution in [3.63, 3.8) is 0 Å². The van der Waals surface area contributed by atoms with E-state index in [9.17, 15) is 4.79 Å². The average molecular weight is 350 g/mol. The molecule has 0 spiro atoms. The Balaban J connectivity index is 1.66. The van der Waals surface area contributed by atoms with Gasteiger partial charge in [-0.1, -0.05) is 13.8 Å². The highest BCUT2D eigenvalue weighted by atomic mass is 16.1. The topological polar surface area (TPSA) is 84.7 Å². The molecule has 2 aromatic heterocycles. The molecule has 0 aliphatic carbocycles. The lowest BCUT2D eigenvalue weighted by Gasteiger charge is -2.13. The number of nitrogens with zero attached hydrogens (tertiary/aromatic N) is 4. The fourth-order valence-electron chi connectivity index (χ4n) is 2.63. The molecule has 0 aliphatic heterocycles. The van der Waals surface area contributed by atoms with Crippen LogP contribution < -0.4 is 10.6 Å². The zero-order chi connectivity index (χ0) is 18.4. The number of benzene rings is 1. The molecule has 0 bridgehead atoms. The number of nitrogens with one attached hydrogen (secondary N) is 2. The molecule has 1 amide bonds. The minimum Gasteiger partial charge on any atom is -0.340 e. The minimum absolute atomic E-state index is 0.0505. The van der Waals surface area contributed by atoms with Crippen LogP contribution >= 0.6 is 0 Å². The van der Waals surface area contributed by atoms with Crippen molar-refractivity contribution in [1.29, 1.82) is 0 Å². The predicted molar refractivity (Wildman–Crippen MR) is 102 cm³/mol. The van der Waals surface area contributed by atoms with E-state index < -0.39 is 0 Å². The summed E-state index contributed by atoms with van der Waals surface area (Å²) in [6.07, 6.45) is 6.69. The summed E-state index contributed by atoms with van der Waals surface area (Å²) in [4.78, 5) is 20.6. The monoisotopic (exact) mass is 350 g/mol. The molecule has 0 fully saturated rings. The van der Waals surface area contributed by atoms with Crippen LogP contribution in [0, 0.1) is 5.92 Å². The summed E-state index contributed by atoms with van der Waals surface area (Å²) in [7, 11) is 0. The fourth-order valence-corrected chi connectivity index (χ4v) is 2.63. The van der Waals surface area contributed by atoms with Crippen LogP contribution in [0.15, 0.2) is 55.1 Å². The van der Waals surface area contributed by atoms with Crippen molar-refractivity contribution in [2.24, 2.45) is 5.92 Å². The maximum atomic E-state index is 12.1. The van der Waals surface area contributed by atoms with E-state index in [0.29, 0.717) is 11.6 Å². The molecule has 2 heterocycles. The van der Waals surface area contributed by atoms with Crippen LogP contribution in [0.5, 0.6) is 0 Å². The second-order valence-corrected chi connectivity index (χ2v) is 5.92. The van der Waals surface area contributed by atoms with Crippen LogP contribution in [0.3, 0.4) is 0 Å². The molecule has 0 radical (unpaired) electrons. The Hall–Kier alpha value is -3.22. The van der Waals surface area contributed by atoms with E-state index in [1.807, 2.05) is 56.4 Å². The lowest BCUT2D eigenvalue weighted by molar-refractivity contribution is -0.120. The maximum absolute atomic E-state index is 12.1. The van der Waals surface area contributed by atoms with Gasteiger partial charge in [-0.25, -0.2) is 14.6 Å². The van der Waals surface area contributed by atoms with Gasteiger partial charge < -0.3 is 10.6 Å². The van der Waals surface area contributed by atoms with E-state index in [1.165, 1.54) is 6.33 Å². The molecule has 0 unspecified atom stereocenters. The maximum Gasteiger partial charge on any atom is 0.227 e. The van der Waals surface area contributed by atoms with Gasteiger partial charge in [-0.2, -0.15) is 5.10 Å². The number of rotatable bonds is 7. The molecule has 3 aromatic rings. The van der Waals surface area contributed by atoms with Crippen LogP contribution in [-0.2, 0) is 4.79 Å². The van der Waals surface area contributed by atoms with Gasteiger partial charge in [0.25, 0.3) is 0 Å². The van der Waals surface area contributed by atoms with Crippen molar-refractivity contribution < 1.29 is 4.79 Å². The quantitative estimate of drug-likeness (QED) is 0.677. The highest BCUT2D eigenvalue weighted by molar-refractivity contribution is 5.92. The number of hydrogen-bond acceptors (Lipinski definition) is 5. The summed E-state index contributed by atoms with van der Waals surface area (Å²) in [6.45, 7) is 4.06. The van der Waals surface area contributed by atoms with Gasteiger partial charge in [-0.05, 0) is 43.2 Å². The first-order valence-electron chi connectivity index (χ1n) is 8.69. The van der Waals surface area contributed by atoms with Crippen LogP contribution in [0.2, 0.25) is 0 Å². The smallest absolute Gasteiger partial charge is 0.227 e. The SMILES string of the molecule is CCC(CC)C(=O)Nc1ccc(Nc2cc(-n3cccn3)ncn2)cc1. The number of carbonyl (C=O) groups is 1. The van der Waals surface area contributed by atoms with Crippen molar-refractivity contribution in [3.8, 4) is 5.82 Å². The summed E-state index contributed by atoms with van der Waals surface area (Å²) in [5.41, 5.74) is 1.66. The number of aromatic nitrogens is 4. The van der Waals surface area contributed by atoms with E-state index in [2.05, 4.69) is 25.7 Å². The predicted octanol–water partition coefficient (Wildman–Crippen LogP) is 3.78. The Morgan fingerprint density at radius 1 is 1.12 bits per heavy atom. The molecule has 1 aromatic carbocycles. The van der Waals surface area contributed by atoms with Crippen molar-refractivity contribution in [1.82, 2.24) is 19.7 Å². The van der Waals surface area contributed by atoms with Crippen LogP contribution in [0.25, 0.3) is 5.82 Å². The molecule has 7 heteroatoms. The Morgan fingerprint density at radius 2 is 1.85 bits per heavy atom. The molecule has 26 heavy (non-hydrogen) atoms. The number of carbonyl (C=O) groups excluding carboxylic acids is 1. The van der Waals surface area contributed by atoms with Gasteiger partial charge in [-0.15, -0.1) is 0 Å². The van der Waals surface area contributed by atoms with Crippen molar-refractivity contribution >= 4 is 23.1 Å². The minimum atomic E-state index is 0.0505. The summed E-state index contributed by atoms with van der Waals surface area (Å²) >= 11 is 0. The summed E-state index contributed by atoms with van der Waals surface area (Å²) < 4.78 is 1.67. The summed E-state index contributed by atoms with van der Waals surface area (Å²) in [5.74, 6) is 1.46. The number of amides is 1. The van der Waals surface area contributed by atoms with Gasteiger partial charge in [0.05, 0.1) is 0 Å². The largest absolute Gasteiger partial charge is 0.340 e. The van der Waals surface area contributed by atoms with E-state index >= 15 is 0 Å². The molecule has 0 saturated carbocycles. The first-order valence-corrected chi connectivity index (χ1v) is 8.69. The van der Waals surface area contributed by atoms with Gasteiger partial charge in [-0.3, -0.25) is 4.79 Å². The van der Waals surface area contributed by atoms with Gasteiger partial charge in [0.1, 0.15) is 12.1 Å². The van der Waals surface area contributed by atoms with Crippen molar-refractivity contribution in [2.45, 2.75) is 26.7 Å². The normalized spacial score (nSPS) is 10.7. The van der Waals surface area contributed by atoms with Gasteiger partial charge >= 0.3 is 0 Å². The van der Waals surface area contributed by atoms with E-state index in [0.717, 1.165) is 24.2 Å². The van der Waals surface area contributed by atoms with Gasteiger partial charge in [0.2, 0.25) is 5.91 Å². The Morgan fingerprint density at radius 3 is 2.50 bits per heavy atom. The van der Waals surface area contributed by atoms with Crippen LogP contribution in [0.1, 0.15) is 26.7 Å². The highest BCUT2D eigenvalue weighted by Gasteiger charge is 2.13. The van der Waals surface area contributed by atoms with E-state index in [1.54, 1.807) is 10.9 Å². The van der Waals surface area contributed by atoms with E-state index in [-0.39, 0.29) is 11.8 Å².